The van der Waals surface area contributed by atoms with Crippen LogP contribution >= 0.6 is 0 Å². The van der Waals surface area contributed by atoms with E-state index in [1.165, 1.54) is 6.07 Å². The highest BCUT2D eigenvalue weighted by Gasteiger charge is 2.14. The summed E-state index contributed by atoms with van der Waals surface area (Å²) in [5.74, 6) is 0. The van der Waals surface area contributed by atoms with Crippen LogP contribution in [0.5, 0.6) is 0 Å². The summed E-state index contributed by atoms with van der Waals surface area (Å²) in [5, 5.41) is 29.1. The summed E-state index contributed by atoms with van der Waals surface area (Å²) in [6.45, 7) is 1.98. The van der Waals surface area contributed by atoms with Crippen molar-refractivity contribution in [3.8, 4) is 0 Å². The molecule has 1 aromatic rings. The number of hydrogen-bond donors (Lipinski definition) is 2. The molecule has 0 radical (unpaired) electrons. The Kier molecular flexibility index (Phi) is 5.06. The largest absolute Gasteiger partial charge is 0.393 e. The molecular weight excluding hydrogens is 236 g/mol. The predicted octanol–water partition coefficient (Wildman–Crippen LogP) is 1.29. The first-order valence-corrected chi connectivity index (χ1v) is 5.73. The Balaban J connectivity index is 2.87. The number of rotatable bonds is 6. The maximum Gasteiger partial charge on any atom is 0.275 e. The first-order valence-electron chi connectivity index (χ1n) is 5.73. The SMILES string of the molecule is CC(O)CCN(C)c1ccc([N+](=O)[O-])c(CO)c1. The molecule has 0 amide bonds. The van der Waals surface area contributed by atoms with Gasteiger partial charge < -0.3 is 15.1 Å². The van der Waals surface area contributed by atoms with Crippen LogP contribution < -0.4 is 4.90 Å². The molecule has 1 rings (SSSR count). The molecule has 1 atom stereocenters. The Hall–Kier alpha value is -1.66. The lowest BCUT2D eigenvalue weighted by atomic mass is 10.1. The molecule has 2 N–H and O–H groups in total. The number of aliphatic hydroxyl groups is 2. The van der Waals surface area contributed by atoms with Crippen LogP contribution in [-0.4, -0.2) is 34.8 Å². The van der Waals surface area contributed by atoms with Crippen LogP contribution in [-0.2, 0) is 6.61 Å². The van der Waals surface area contributed by atoms with Gasteiger partial charge in [0.25, 0.3) is 5.69 Å². The highest BCUT2D eigenvalue weighted by atomic mass is 16.6. The van der Waals surface area contributed by atoms with Crippen LogP contribution in [0, 0.1) is 10.1 Å². The van der Waals surface area contributed by atoms with Gasteiger partial charge in [-0.2, -0.15) is 0 Å². The van der Waals surface area contributed by atoms with Crippen molar-refractivity contribution < 1.29 is 15.1 Å². The maximum absolute atomic E-state index is 10.7. The Morgan fingerprint density at radius 2 is 2.17 bits per heavy atom. The van der Waals surface area contributed by atoms with Gasteiger partial charge in [0.2, 0.25) is 0 Å². The van der Waals surface area contributed by atoms with Gasteiger partial charge in [-0.25, -0.2) is 0 Å². The molecule has 1 aromatic carbocycles. The van der Waals surface area contributed by atoms with Crippen molar-refractivity contribution in [3.05, 3.63) is 33.9 Å². The third kappa shape index (κ3) is 3.68. The van der Waals surface area contributed by atoms with E-state index in [4.69, 9.17) is 5.11 Å². The molecule has 18 heavy (non-hydrogen) atoms. The van der Waals surface area contributed by atoms with Crippen LogP contribution in [0.3, 0.4) is 0 Å². The number of benzene rings is 1. The van der Waals surface area contributed by atoms with Crippen LogP contribution in [0.2, 0.25) is 0 Å². The summed E-state index contributed by atoms with van der Waals surface area (Å²) in [4.78, 5) is 12.1. The van der Waals surface area contributed by atoms with E-state index in [1.807, 2.05) is 11.9 Å². The molecule has 1 unspecified atom stereocenters. The summed E-state index contributed by atoms with van der Waals surface area (Å²) in [6.07, 6.45) is 0.227. The van der Waals surface area contributed by atoms with Crippen molar-refractivity contribution in [1.29, 1.82) is 0 Å². The zero-order valence-electron chi connectivity index (χ0n) is 10.5. The molecule has 0 aromatic heterocycles. The molecule has 0 saturated carbocycles. The summed E-state index contributed by atoms with van der Waals surface area (Å²) in [6, 6.07) is 4.62. The first kappa shape index (κ1) is 14.4. The van der Waals surface area contributed by atoms with E-state index in [0.29, 0.717) is 18.5 Å². The zero-order chi connectivity index (χ0) is 13.7. The molecule has 0 bridgehead atoms. The first-order chi connectivity index (χ1) is 8.45. The fourth-order valence-electron chi connectivity index (χ4n) is 1.62. The molecule has 0 saturated heterocycles. The number of aliphatic hydroxyl groups excluding tert-OH is 2. The molecule has 0 aliphatic heterocycles. The number of nitro benzene ring substituents is 1. The lowest BCUT2D eigenvalue weighted by Gasteiger charge is -2.20. The quantitative estimate of drug-likeness (QED) is 0.590. The fraction of sp³-hybridized carbons (Fsp3) is 0.500. The summed E-state index contributed by atoms with van der Waals surface area (Å²) < 4.78 is 0. The summed E-state index contributed by atoms with van der Waals surface area (Å²) in [7, 11) is 1.84. The average Bonchev–Trinajstić information content (AvgIpc) is 2.34. The number of hydrogen-bond acceptors (Lipinski definition) is 5. The lowest BCUT2D eigenvalue weighted by Crippen LogP contribution is -2.22. The van der Waals surface area contributed by atoms with E-state index < -0.39 is 4.92 Å². The summed E-state index contributed by atoms with van der Waals surface area (Å²) in [5.41, 5.74) is 0.997. The second kappa shape index (κ2) is 6.32. The van der Waals surface area contributed by atoms with E-state index >= 15 is 0 Å². The zero-order valence-corrected chi connectivity index (χ0v) is 10.5. The minimum atomic E-state index is -0.509. The minimum absolute atomic E-state index is 0.0785. The van der Waals surface area contributed by atoms with E-state index in [2.05, 4.69) is 0 Å². The second-order valence-corrected chi connectivity index (χ2v) is 4.29. The van der Waals surface area contributed by atoms with Gasteiger partial charge in [0, 0.05) is 25.3 Å². The van der Waals surface area contributed by atoms with Crippen molar-refractivity contribution in [1.82, 2.24) is 0 Å². The normalized spacial score (nSPS) is 12.2. The summed E-state index contributed by atoms with van der Waals surface area (Å²) >= 11 is 0. The van der Waals surface area contributed by atoms with Gasteiger partial charge in [-0.3, -0.25) is 10.1 Å². The van der Waals surface area contributed by atoms with E-state index in [-0.39, 0.29) is 18.4 Å². The van der Waals surface area contributed by atoms with E-state index in [1.54, 1.807) is 19.1 Å². The Labute approximate surface area is 106 Å². The second-order valence-electron chi connectivity index (χ2n) is 4.29. The third-order valence-electron chi connectivity index (χ3n) is 2.75. The van der Waals surface area contributed by atoms with Gasteiger partial charge >= 0.3 is 0 Å². The standard InChI is InChI=1S/C12H18N2O4/c1-9(16)5-6-13(2)11-3-4-12(14(17)18)10(7-11)8-15/h3-4,7,9,15-16H,5-6,8H2,1-2H3. The van der Waals surface area contributed by atoms with Gasteiger partial charge in [-0.15, -0.1) is 0 Å². The molecule has 6 heteroatoms. The van der Waals surface area contributed by atoms with Crippen LogP contribution in [0.4, 0.5) is 11.4 Å². The van der Waals surface area contributed by atoms with Crippen LogP contribution in [0.25, 0.3) is 0 Å². The molecule has 0 heterocycles. The highest BCUT2D eigenvalue weighted by molar-refractivity contribution is 5.55. The topological polar surface area (TPSA) is 86.8 Å². The van der Waals surface area contributed by atoms with Crippen molar-refractivity contribution in [2.24, 2.45) is 0 Å². The average molecular weight is 254 g/mol. The smallest absolute Gasteiger partial charge is 0.275 e. The number of nitrogens with zero attached hydrogens (tertiary/aromatic N) is 2. The molecule has 0 fully saturated rings. The Morgan fingerprint density at radius 1 is 1.50 bits per heavy atom. The molecule has 100 valence electrons. The number of anilines is 1. The van der Waals surface area contributed by atoms with Crippen molar-refractivity contribution in [2.45, 2.75) is 26.1 Å². The van der Waals surface area contributed by atoms with Crippen LogP contribution in [0.15, 0.2) is 18.2 Å². The van der Waals surface area contributed by atoms with E-state index in [9.17, 15) is 15.2 Å². The van der Waals surface area contributed by atoms with Crippen molar-refractivity contribution >= 4 is 11.4 Å². The van der Waals surface area contributed by atoms with Gasteiger partial charge in [0.05, 0.1) is 23.2 Å². The third-order valence-corrected chi connectivity index (χ3v) is 2.75. The molecular formula is C12H18N2O4. The minimum Gasteiger partial charge on any atom is -0.393 e. The van der Waals surface area contributed by atoms with Crippen molar-refractivity contribution in [3.63, 3.8) is 0 Å². The fourth-order valence-corrected chi connectivity index (χ4v) is 1.62. The molecule has 6 nitrogen and oxygen atoms in total. The Morgan fingerprint density at radius 3 is 2.67 bits per heavy atom. The van der Waals surface area contributed by atoms with E-state index in [0.717, 1.165) is 5.69 Å². The monoisotopic (exact) mass is 254 g/mol. The van der Waals surface area contributed by atoms with Gasteiger partial charge in [0.15, 0.2) is 0 Å². The van der Waals surface area contributed by atoms with Crippen molar-refractivity contribution in [2.75, 3.05) is 18.5 Å². The molecule has 0 aliphatic carbocycles. The maximum atomic E-state index is 10.7. The molecule has 0 aliphatic rings. The Bertz CT molecular complexity index is 421. The van der Waals surface area contributed by atoms with Gasteiger partial charge in [0.1, 0.15) is 0 Å². The highest BCUT2D eigenvalue weighted by Crippen LogP contribution is 2.24. The van der Waals surface area contributed by atoms with Gasteiger partial charge in [-0.1, -0.05) is 0 Å². The number of nitro groups is 1. The predicted molar refractivity (Wildman–Crippen MR) is 68.6 cm³/mol. The van der Waals surface area contributed by atoms with Crippen LogP contribution in [0.1, 0.15) is 18.9 Å². The lowest BCUT2D eigenvalue weighted by molar-refractivity contribution is -0.385. The molecule has 0 spiro atoms. The van der Waals surface area contributed by atoms with Gasteiger partial charge in [-0.05, 0) is 25.5 Å².